The molecule has 136 valence electrons. The largest absolute Gasteiger partial charge is 0.228 e. The maximum Gasteiger partial charge on any atom is 0.160 e. The van der Waals surface area contributed by atoms with Crippen LogP contribution in [0.4, 0.5) is 0 Å². The topological polar surface area (TPSA) is 25.8 Å². The normalized spacial score (nSPS) is 10.6. The molecule has 0 radical (unpaired) electrons. The van der Waals surface area contributed by atoms with Crippen molar-refractivity contribution in [2.75, 3.05) is 0 Å². The van der Waals surface area contributed by atoms with E-state index in [0.29, 0.717) is 0 Å². The Kier molecular flexibility index (Phi) is 4.86. The van der Waals surface area contributed by atoms with E-state index in [0.717, 1.165) is 39.5 Å². The monoisotopic (exact) mass is 362 g/mol. The van der Waals surface area contributed by atoms with E-state index in [1.165, 1.54) is 11.1 Å². The molecule has 3 aromatic carbocycles. The van der Waals surface area contributed by atoms with Gasteiger partial charge in [0, 0.05) is 16.7 Å². The molecule has 4 aromatic rings. The number of aryl methyl sites for hydroxylation is 2. The summed E-state index contributed by atoms with van der Waals surface area (Å²) in [7, 11) is 0. The summed E-state index contributed by atoms with van der Waals surface area (Å²) in [5.41, 5.74) is 8.56. The van der Waals surface area contributed by atoms with Crippen molar-refractivity contribution in [3.8, 4) is 33.9 Å². The third-order valence-corrected chi connectivity index (χ3v) is 4.83. The van der Waals surface area contributed by atoms with Gasteiger partial charge in [0.15, 0.2) is 5.82 Å². The van der Waals surface area contributed by atoms with E-state index in [1.807, 2.05) is 6.08 Å². The fourth-order valence-electron chi connectivity index (χ4n) is 3.09. The van der Waals surface area contributed by atoms with E-state index in [2.05, 4.69) is 99.3 Å². The smallest absolute Gasteiger partial charge is 0.160 e. The average molecular weight is 362 g/mol. The molecule has 0 aliphatic heterocycles. The Balaban J connectivity index is 1.87. The number of rotatable bonds is 4. The predicted molar refractivity (Wildman–Crippen MR) is 118 cm³/mol. The van der Waals surface area contributed by atoms with Gasteiger partial charge in [-0.05, 0) is 25.5 Å². The molecule has 28 heavy (non-hydrogen) atoms. The zero-order chi connectivity index (χ0) is 19.5. The van der Waals surface area contributed by atoms with Gasteiger partial charge < -0.3 is 0 Å². The first-order chi connectivity index (χ1) is 13.6. The van der Waals surface area contributed by atoms with Gasteiger partial charge in [0.05, 0.1) is 11.4 Å². The van der Waals surface area contributed by atoms with Crippen LogP contribution in [0.2, 0.25) is 0 Å². The van der Waals surface area contributed by atoms with Gasteiger partial charge in [-0.25, -0.2) is 9.97 Å². The van der Waals surface area contributed by atoms with Crippen LogP contribution < -0.4 is 0 Å². The molecule has 1 aromatic heterocycles. The van der Waals surface area contributed by atoms with Crippen molar-refractivity contribution in [1.82, 2.24) is 9.97 Å². The lowest BCUT2D eigenvalue weighted by Gasteiger charge is -2.10. The lowest BCUT2D eigenvalue weighted by molar-refractivity contribution is 1.18. The van der Waals surface area contributed by atoms with Crippen LogP contribution in [0.1, 0.15) is 16.7 Å². The van der Waals surface area contributed by atoms with Crippen molar-refractivity contribution >= 4 is 6.08 Å². The van der Waals surface area contributed by atoms with Gasteiger partial charge in [-0.15, -0.1) is 0 Å². The van der Waals surface area contributed by atoms with Crippen molar-refractivity contribution in [2.24, 2.45) is 0 Å². The van der Waals surface area contributed by atoms with Crippen molar-refractivity contribution in [2.45, 2.75) is 13.8 Å². The lowest BCUT2D eigenvalue weighted by Crippen LogP contribution is -1.96. The molecule has 0 unspecified atom stereocenters. The number of aromatic nitrogens is 2. The molecule has 2 nitrogen and oxygen atoms in total. The first-order valence-corrected chi connectivity index (χ1v) is 9.38. The van der Waals surface area contributed by atoms with Gasteiger partial charge in [-0.1, -0.05) is 96.6 Å². The fraction of sp³-hybridized carbons (Fsp3) is 0.0769. The molecule has 0 atom stereocenters. The van der Waals surface area contributed by atoms with Crippen molar-refractivity contribution in [1.29, 1.82) is 0 Å². The van der Waals surface area contributed by atoms with Gasteiger partial charge in [0.1, 0.15) is 0 Å². The van der Waals surface area contributed by atoms with Crippen molar-refractivity contribution < 1.29 is 0 Å². The van der Waals surface area contributed by atoms with Gasteiger partial charge in [-0.2, -0.15) is 0 Å². The molecule has 4 rings (SSSR count). The maximum absolute atomic E-state index is 4.87. The van der Waals surface area contributed by atoms with E-state index in [-0.39, 0.29) is 0 Å². The fourth-order valence-corrected chi connectivity index (χ4v) is 3.09. The molecule has 0 amide bonds. The summed E-state index contributed by atoms with van der Waals surface area (Å²) in [5, 5.41) is 0. The molecule has 0 saturated heterocycles. The Morgan fingerprint density at radius 1 is 0.607 bits per heavy atom. The molecule has 0 N–H and O–H groups in total. The lowest BCUT2D eigenvalue weighted by atomic mass is 10.0. The van der Waals surface area contributed by atoms with Crippen LogP contribution in [-0.2, 0) is 0 Å². The van der Waals surface area contributed by atoms with Crippen molar-refractivity contribution in [3.05, 3.63) is 102 Å². The molecule has 2 heteroatoms. The predicted octanol–water partition coefficient (Wildman–Crippen LogP) is 6.74. The SMILES string of the molecule is C=Cc1ccc(-c2cc(-c3ccc(C)cc3)nc(-c3ccc(C)cc3)n2)cc1. The minimum atomic E-state index is 0.737. The summed E-state index contributed by atoms with van der Waals surface area (Å²) in [5.74, 6) is 0.737. The van der Waals surface area contributed by atoms with Gasteiger partial charge in [0.2, 0.25) is 0 Å². The summed E-state index contributed by atoms with van der Waals surface area (Å²) in [6.07, 6.45) is 1.85. The highest BCUT2D eigenvalue weighted by atomic mass is 14.9. The van der Waals surface area contributed by atoms with Crippen molar-refractivity contribution in [3.63, 3.8) is 0 Å². The highest BCUT2D eigenvalue weighted by Crippen LogP contribution is 2.28. The maximum atomic E-state index is 4.87. The molecular weight excluding hydrogens is 340 g/mol. The third-order valence-electron chi connectivity index (χ3n) is 4.83. The molecular formula is C26H22N2. The zero-order valence-corrected chi connectivity index (χ0v) is 16.2. The molecule has 0 aliphatic carbocycles. The second kappa shape index (κ2) is 7.61. The Bertz CT molecular complexity index is 1040. The second-order valence-corrected chi connectivity index (χ2v) is 7.02. The summed E-state index contributed by atoms with van der Waals surface area (Å²) in [4.78, 5) is 9.73. The van der Waals surface area contributed by atoms with Crippen LogP contribution >= 0.6 is 0 Å². The van der Waals surface area contributed by atoms with E-state index in [9.17, 15) is 0 Å². The van der Waals surface area contributed by atoms with E-state index in [4.69, 9.17) is 9.97 Å². The first kappa shape index (κ1) is 17.9. The summed E-state index contributed by atoms with van der Waals surface area (Å²) in [6.45, 7) is 8.00. The molecule has 0 bridgehead atoms. The van der Waals surface area contributed by atoms with Crippen LogP contribution in [0.15, 0.2) is 85.4 Å². The highest BCUT2D eigenvalue weighted by molar-refractivity contribution is 5.72. The molecule has 0 spiro atoms. The minimum Gasteiger partial charge on any atom is -0.228 e. The summed E-state index contributed by atoms with van der Waals surface area (Å²) >= 11 is 0. The summed E-state index contributed by atoms with van der Waals surface area (Å²) < 4.78 is 0. The first-order valence-electron chi connectivity index (χ1n) is 9.38. The average Bonchev–Trinajstić information content (AvgIpc) is 2.74. The standard InChI is InChI=1S/C26H22N2/c1-4-20-9-15-22(16-10-20)25-17-24(21-11-5-18(2)6-12-21)27-26(28-25)23-13-7-19(3)8-14-23/h4-17H,1H2,2-3H3. The summed E-state index contributed by atoms with van der Waals surface area (Å²) in [6, 6.07) is 27.1. The van der Waals surface area contributed by atoms with E-state index >= 15 is 0 Å². The van der Waals surface area contributed by atoms with Crippen LogP contribution in [-0.4, -0.2) is 9.97 Å². The number of benzene rings is 3. The molecule has 1 heterocycles. The van der Waals surface area contributed by atoms with Crippen LogP contribution in [0.5, 0.6) is 0 Å². The minimum absolute atomic E-state index is 0.737. The van der Waals surface area contributed by atoms with Gasteiger partial charge >= 0.3 is 0 Å². The second-order valence-electron chi connectivity index (χ2n) is 7.02. The Morgan fingerprint density at radius 3 is 1.50 bits per heavy atom. The van der Waals surface area contributed by atoms with E-state index in [1.54, 1.807) is 0 Å². The number of nitrogens with zero attached hydrogens (tertiary/aromatic N) is 2. The quantitative estimate of drug-likeness (QED) is 0.402. The van der Waals surface area contributed by atoms with Crippen LogP contribution in [0.3, 0.4) is 0 Å². The molecule has 0 fully saturated rings. The van der Waals surface area contributed by atoms with Gasteiger partial charge in [-0.3, -0.25) is 0 Å². The Hall–Kier alpha value is -3.52. The number of hydrogen-bond acceptors (Lipinski definition) is 2. The van der Waals surface area contributed by atoms with E-state index < -0.39 is 0 Å². The highest BCUT2D eigenvalue weighted by Gasteiger charge is 2.10. The van der Waals surface area contributed by atoms with Gasteiger partial charge in [0.25, 0.3) is 0 Å². The van der Waals surface area contributed by atoms with Crippen LogP contribution in [0, 0.1) is 13.8 Å². The molecule has 0 saturated carbocycles. The van der Waals surface area contributed by atoms with Crippen LogP contribution in [0.25, 0.3) is 40.0 Å². The Labute approximate surface area is 166 Å². The number of hydrogen-bond donors (Lipinski definition) is 0. The zero-order valence-electron chi connectivity index (χ0n) is 16.2. The molecule has 0 aliphatic rings. The Morgan fingerprint density at radius 2 is 1.04 bits per heavy atom. The third kappa shape index (κ3) is 3.77.